The summed E-state index contributed by atoms with van der Waals surface area (Å²) in [6, 6.07) is 3.46. The number of nitrogens with one attached hydrogen (secondary N) is 1. The average molecular weight is 481 g/mol. The average Bonchev–Trinajstić information content (AvgIpc) is 3.27. The number of hydrogen-bond acceptors (Lipinski definition) is 10. The van der Waals surface area contributed by atoms with E-state index >= 15 is 0 Å². The van der Waals surface area contributed by atoms with Crippen LogP contribution in [0.1, 0.15) is 5.56 Å². The van der Waals surface area contributed by atoms with Gasteiger partial charge in [-0.15, -0.1) is 10.2 Å². The first-order chi connectivity index (χ1) is 15.5. The second-order valence-electron chi connectivity index (χ2n) is 6.44. The zero-order chi connectivity index (χ0) is 22.9. The summed E-state index contributed by atoms with van der Waals surface area (Å²) in [5.74, 6) is 1.39. The van der Waals surface area contributed by atoms with Gasteiger partial charge in [0.05, 0.1) is 40.3 Å². The molecule has 172 valence electrons. The van der Waals surface area contributed by atoms with E-state index in [0.717, 1.165) is 0 Å². The third-order valence-electron chi connectivity index (χ3n) is 4.43. The Labute approximate surface area is 193 Å². The van der Waals surface area contributed by atoms with Gasteiger partial charge in [0.1, 0.15) is 0 Å². The van der Waals surface area contributed by atoms with Crippen LogP contribution in [0.5, 0.6) is 17.2 Å². The highest BCUT2D eigenvalue weighted by Gasteiger charge is 2.18. The van der Waals surface area contributed by atoms with E-state index in [-0.39, 0.29) is 17.6 Å². The van der Waals surface area contributed by atoms with Crippen LogP contribution >= 0.6 is 23.1 Å². The molecule has 2 heterocycles. The highest BCUT2D eigenvalue weighted by atomic mass is 32.2. The summed E-state index contributed by atoms with van der Waals surface area (Å²) in [4.78, 5) is 26.3. The van der Waals surface area contributed by atoms with Gasteiger partial charge in [-0.1, -0.05) is 23.1 Å². The van der Waals surface area contributed by atoms with Crippen molar-refractivity contribution in [2.75, 3.05) is 58.7 Å². The van der Waals surface area contributed by atoms with E-state index in [1.165, 1.54) is 50.5 Å². The Morgan fingerprint density at radius 2 is 1.84 bits per heavy atom. The number of benzene rings is 1. The molecule has 2 amide bonds. The van der Waals surface area contributed by atoms with Crippen molar-refractivity contribution in [3.63, 3.8) is 0 Å². The number of aromatic nitrogens is 2. The summed E-state index contributed by atoms with van der Waals surface area (Å²) in [7, 11) is 4.57. The maximum atomic E-state index is 12.3. The Morgan fingerprint density at radius 1 is 1.16 bits per heavy atom. The fourth-order valence-electron chi connectivity index (χ4n) is 2.86. The van der Waals surface area contributed by atoms with Crippen LogP contribution in [-0.4, -0.2) is 80.3 Å². The van der Waals surface area contributed by atoms with Crippen LogP contribution in [0.25, 0.3) is 6.08 Å². The van der Waals surface area contributed by atoms with E-state index in [1.54, 1.807) is 23.1 Å². The second kappa shape index (κ2) is 11.7. The number of hydrogen-bond donors (Lipinski definition) is 1. The van der Waals surface area contributed by atoms with Gasteiger partial charge in [-0.05, 0) is 23.8 Å². The minimum atomic E-state index is -0.365. The molecule has 0 atom stereocenters. The Hall–Kier alpha value is -2.83. The van der Waals surface area contributed by atoms with Gasteiger partial charge in [-0.25, -0.2) is 0 Å². The summed E-state index contributed by atoms with van der Waals surface area (Å²) < 4.78 is 21.8. The van der Waals surface area contributed by atoms with Crippen molar-refractivity contribution in [3.05, 3.63) is 23.8 Å². The molecule has 1 fully saturated rings. The Bertz CT molecular complexity index is 950. The van der Waals surface area contributed by atoms with Gasteiger partial charge in [0.15, 0.2) is 15.8 Å². The van der Waals surface area contributed by atoms with Crippen LogP contribution in [0.4, 0.5) is 5.13 Å². The first kappa shape index (κ1) is 23.8. The van der Waals surface area contributed by atoms with Crippen molar-refractivity contribution >= 4 is 46.1 Å². The molecular weight excluding hydrogens is 456 g/mol. The molecule has 32 heavy (non-hydrogen) atoms. The van der Waals surface area contributed by atoms with Crippen LogP contribution < -0.4 is 19.5 Å². The van der Waals surface area contributed by atoms with Crippen LogP contribution in [0.2, 0.25) is 0 Å². The van der Waals surface area contributed by atoms with Gasteiger partial charge in [0.2, 0.25) is 22.7 Å². The highest BCUT2D eigenvalue weighted by molar-refractivity contribution is 8.01. The van der Waals surface area contributed by atoms with Crippen molar-refractivity contribution < 1.29 is 28.5 Å². The number of amides is 2. The van der Waals surface area contributed by atoms with Crippen LogP contribution in [0.15, 0.2) is 22.5 Å². The van der Waals surface area contributed by atoms with Crippen LogP contribution in [0, 0.1) is 0 Å². The Kier molecular flexibility index (Phi) is 8.71. The van der Waals surface area contributed by atoms with Gasteiger partial charge < -0.3 is 23.8 Å². The number of nitrogens with zero attached hydrogens (tertiary/aromatic N) is 3. The molecule has 3 rings (SSSR count). The molecule has 0 radical (unpaired) electrons. The number of anilines is 1. The molecule has 1 saturated heterocycles. The van der Waals surface area contributed by atoms with Crippen molar-refractivity contribution in [1.29, 1.82) is 0 Å². The predicted molar refractivity (Wildman–Crippen MR) is 122 cm³/mol. The maximum Gasteiger partial charge on any atom is 0.250 e. The maximum absolute atomic E-state index is 12.3. The first-order valence-electron chi connectivity index (χ1n) is 9.65. The number of morpholine rings is 1. The Balaban J connectivity index is 1.55. The normalized spacial score (nSPS) is 13.8. The zero-order valence-electron chi connectivity index (χ0n) is 18.0. The summed E-state index contributed by atoms with van der Waals surface area (Å²) in [5.41, 5.74) is 0.699. The zero-order valence-corrected chi connectivity index (χ0v) is 19.6. The number of rotatable bonds is 9. The van der Waals surface area contributed by atoms with E-state index in [0.29, 0.717) is 58.6 Å². The largest absolute Gasteiger partial charge is 0.493 e. The summed E-state index contributed by atoms with van der Waals surface area (Å²) in [5, 5.41) is 11.0. The smallest absolute Gasteiger partial charge is 0.250 e. The molecule has 0 bridgehead atoms. The standard InChI is InChI=1S/C20H24N4O6S2/c1-27-14-10-13(11-15(28-2)18(14)29-3)4-5-16(25)21-19-22-23-20(32-19)31-12-17(26)24-6-8-30-9-7-24/h4-5,10-11H,6-9,12H2,1-3H3,(H,21,22,25)/b5-4+. The molecule has 12 heteroatoms. The van der Waals surface area contributed by atoms with Gasteiger partial charge in [-0.3, -0.25) is 14.9 Å². The minimum absolute atomic E-state index is 0.0346. The number of thioether (sulfide) groups is 1. The highest BCUT2D eigenvalue weighted by Crippen LogP contribution is 2.38. The van der Waals surface area contributed by atoms with Crippen molar-refractivity contribution in [2.24, 2.45) is 0 Å². The van der Waals surface area contributed by atoms with Crippen molar-refractivity contribution in [1.82, 2.24) is 15.1 Å². The molecule has 0 aliphatic carbocycles. The molecule has 0 unspecified atom stereocenters. The van der Waals surface area contributed by atoms with Gasteiger partial charge in [0.25, 0.3) is 0 Å². The molecule has 1 aliphatic heterocycles. The lowest BCUT2D eigenvalue weighted by molar-refractivity contribution is -0.132. The monoisotopic (exact) mass is 480 g/mol. The predicted octanol–water partition coefficient (Wildman–Crippen LogP) is 2.17. The van der Waals surface area contributed by atoms with Crippen molar-refractivity contribution in [2.45, 2.75) is 4.34 Å². The Morgan fingerprint density at radius 3 is 2.47 bits per heavy atom. The molecule has 2 aromatic rings. The van der Waals surface area contributed by atoms with E-state index in [2.05, 4.69) is 15.5 Å². The van der Waals surface area contributed by atoms with E-state index < -0.39 is 0 Å². The molecule has 10 nitrogen and oxygen atoms in total. The van der Waals surface area contributed by atoms with Gasteiger partial charge in [-0.2, -0.15) is 0 Å². The lowest BCUT2D eigenvalue weighted by Gasteiger charge is -2.26. The van der Waals surface area contributed by atoms with Crippen molar-refractivity contribution in [3.8, 4) is 17.2 Å². The SMILES string of the molecule is COc1cc(/C=C/C(=O)Nc2nnc(SCC(=O)N3CCOCC3)s2)cc(OC)c1OC. The van der Waals surface area contributed by atoms with Crippen LogP contribution in [0.3, 0.4) is 0 Å². The third kappa shape index (κ3) is 6.34. The second-order valence-corrected chi connectivity index (χ2v) is 8.64. The molecule has 0 spiro atoms. The molecule has 1 aliphatic rings. The van der Waals surface area contributed by atoms with Gasteiger partial charge in [0, 0.05) is 19.2 Å². The number of ether oxygens (including phenoxy) is 4. The number of carbonyl (C=O) groups excluding carboxylic acids is 2. The third-order valence-corrected chi connectivity index (χ3v) is 6.39. The topological polar surface area (TPSA) is 112 Å². The van der Waals surface area contributed by atoms with Crippen LogP contribution in [-0.2, 0) is 14.3 Å². The fraction of sp³-hybridized carbons (Fsp3) is 0.400. The first-order valence-corrected chi connectivity index (χ1v) is 11.4. The fourth-order valence-corrected chi connectivity index (χ4v) is 4.52. The number of carbonyl (C=O) groups is 2. The number of methoxy groups -OCH3 is 3. The summed E-state index contributed by atoms with van der Waals surface area (Å²) in [6.45, 7) is 2.34. The van der Waals surface area contributed by atoms with E-state index in [1.807, 2.05) is 0 Å². The summed E-state index contributed by atoms with van der Waals surface area (Å²) >= 11 is 2.51. The van der Waals surface area contributed by atoms with E-state index in [4.69, 9.17) is 18.9 Å². The lowest BCUT2D eigenvalue weighted by Crippen LogP contribution is -2.41. The molecule has 1 N–H and O–H groups in total. The molecular formula is C20H24N4O6S2. The van der Waals surface area contributed by atoms with Gasteiger partial charge >= 0.3 is 0 Å². The molecule has 1 aromatic carbocycles. The molecule has 0 saturated carbocycles. The lowest BCUT2D eigenvalue weighted by atomic mass is 10.1. The summed E-state index contributed by atoms with van der Waals surface area (Å²) in [6.07, 6.45) is 2.99. The van der Waals surface area contributed by atoms with E-state index in [9.17, 15) is 9.59 Å². The molecule has 1 aromatic heterocycles. The minimum Gasteiger partial charge on any atom is -0.493 e. The quantitative estimate of drug-likeness (QED) is 0.328.